The number of hydrogen-bond acceptors (Lipinski definition) is 4. The van der Waals surface area contributed by atoms with Gasteiger partial charge in [-0.25, -0.2) is 4.79 Å². The van der Waals surface area contributed by atoms with Gasteiger partial charge in [0.05, 0.1) is 41.8 Å². The monoisotopic (exact) mass is 428 g/mol. The second-order valence-corrected chi connectivity index (χ2v) is 6.38. The van der Waals surface area contributed by atoms with Crippen LogP contribution in [0.3, 0.4) is 0 Å². The largest absolute Gasteiger partial charge is 0.507 e. The Kier molecular flexibility index (Phi) is 5.42. The van der Waals surface area contributed by atoms with Crippen LogP contribution in [0.15, 0.2) is 12.1 Å². The number of carbonyl (C=O) groups excluding carboxylic acids is 1. The first-order valence-electron chi connectivity index (χ1n) is 5.93. The highest BCUT2D eigenvalue weighted by Crippen LogP contribution is 2.43. The van der Waals surface area contributed by atoms with Crippen LogP contribution in [0.4, 0.5) is 0 Å². The van der Waals surface area contributed by atoms with Crippen molar-refractivity contribution in [1.29, 1.82) is 0 Å². The molecule has 2 aromatic rings. The Morgan fingerprint density at radius 3 is 1.75 bits per heavy atom. The second-order valence-electron chi connectivity index (χ2n) is 4.46. The molecule has 126 valence electrons. The molecule has 0 saturated carbocycles. The zero-order valence-electron chi connectivity index (χ0n) is 11.2. The highest BCUT2D eigenvalue weighted by Gasteiger charge is 2.30. The van der Waals surface area contributed by atoms with E-state index < -0.39 is 50.0 Å². The number of phenols is 2. The third-order valence-electron chi connectivity index (χ3n) is 3.02. The van der Waals surface area contributed by atoms with Crippen molar-refractivity contribution in [2.75, 3.05) is 0 Å². The smallest absolute Gasteiger partial charge is 0.338 e. The van der Waals surface area contributed by atoms with Crippen molar-refractivity contribution < 1.29 is 24.9 Å². The minimum absolute atomic E-state index is 0.240. The quantitative estimate of drug-likeness (QED) is 0.349. The van der Waals surface area contributed by atoms with Crippen LogP contribution in [0, 0.1) is 0 Å². The van der Waals surface area contributed by atoms with Crippen LogP contribution in [0.1, 0.15) is 26.3 Å². The summed E-state index contributed by atoms with van der Waals surface area (Å²) in [6, 6.07) is 1.77. The molecule has 0 aliphatic heterocycles. The molecular formula is C14H5Cl5O5. The van der Waals surface area contributed by atoms with Crippen LogP contribution < -0.4 is 0 Å². The van der Waals surface area contributed by atoms with E-state index in [1.165, 1.54) is 0 Å². The van der Waals surface area contributed by atoms with E-state index >= 15 is 0 Å². The summed E-state index contributed by atoms with van der Waals surface area (Å²) >= 11 is 29.2. The average molecular weight is 430 g/mol. The molecule has 3 N–H and O–H groups in total. The van der Waals surface area contributed by atoms with Gasteiger partial charge in [0.25, 0.3) is 0 Å². The highest BCUT2D eigenvalue weighted by molar-refractivity contribution is 6.54. The zero-order chi connectivity index (χ0) is 18.3. The van der Waals surface area contributed by atoms with E-state index in [0.717, 1.165) is 12.1 Å². The Balaban J connectivity index is 2.84. The molecule has 0 fully saturated rings. The predicted octanol–water partition coefficient (Wildman–Crippen LogP) is 5.29. The zero-order valence-corrected chi connectivity index (χ0v) is 15.0. The number of ketones is 1. The minimum Gasteiger partial charge on any atom is -0.507 e. The fraction of sp³-hybridized carbons (Fsp3) is 0. The van der Waals surface area contributed by atoms with Gasteiger partial charge in [0, 0.05) is 6.07 Å². The summed E-state index contributed by atoms with van der Waals surface area (Å²) in [5, 5.41) is 26.8. The lowest BCUT2D eigenvalue weighted by Gasteiger charge is -2.14. The van der Waals surface area contributed by atoms with Crippen LogP contribution in [-0.2, 0) is 0 Å². The maximum absolute atomic E-state index is 12.7. The van der Waals surface area contributed by atoms with Gasteiger partial charge in [0.15, 0.2) is 5.78 Å². The van der Waals surface area contributed by atoms with Crippen molar-refractivity contribution in [2.45, 2.75) is 0 Å². The molecule has 0 bridgehead atoms. The summed E-state index contributed by atoms with van der Waals surface area (Å²) < 4.78 is 0. The number of phenolic OH excluding ortho intramolecular Hbond substituents is 2. The molecule has 2 rings (SSSR count). The van der Waals surface area contributed by atoms with Crippen LogP contribution in [0.2, 0.25) is 25.1 Å². The van der Waals surface area contributed by atoms with E-state index in [1.807, 2.05) is 0 Å². The lowest BCUT2D eigenvalue weighted by atomic mass is 9.97. The summed E-state index contributed by atoms with van der Waals surface area (Å²) in [4.78, 5) is 24.2. The lowest BCUT2D eigenvalue weighted by Crippen LogP contribution is -2.12. The summed E-state index contributed by atoms with van der Waals surface area (Å²) in [6.45, 7) is 0. The predicted molar refractivity (Wildman–Crippen MR) is 91.7 cm³/mol. The van der Waals surface area contributed by atoms with Crippen LogP contribution in [0.25, 0.3) is 0 Å². The molecule has 0 aromatic heterocycles. The van der Waals surface area contributed by atoms with Gasteiger partial charge in [-0.15, -0.1) is 0 Å². The van der Waals surface area contributed by atoms with Crippen LogP contribution in [0.5, 0.6) is 11.5 Å². The Labute approximate surface area is 159 Å². The van der Waals surface area contributed by atoms with Crippen molar-refractivity contribution in [2.24, 2.45) is 0 Å². The molecule has 0 aliphatic rings. The minimum atomic E-state index is -1.58. The molecule has 24 heavy (non-hydrogen) atoms. The number of aromatic carboxylic acids is 1. The summed E-state index contributed by atoms with van der Waals surface area (Å²) in [7, 11) is 0. The molecule has 0 radical (unpaired) electrons. The molecule has 0 aliphatic carbocycles. The maximum Gasteiger partial charge on any atom is 0.338 e. The molecular weight excluding hydrogens is 425 g/mol. The number of hydrogen-bond donors (Lipinski definition) is 3. The number of aromatic hydroxyl groups is 2. The topological polar surface area (TPSA) is 94.8 Å². The number of benzene rings is 2. The van der Waals surface area contributed by atoms with E-state index in [9.17, 15) is 24.9 Å². The molecule has 0 saturated heterocycles. The maximum atomic E-state index is 12.7. The third-order valence-corrected chi connectivity index (χ3v) is 5.12. The molecule has 0 heterocycles. The molecule has 0 unspecified atom stereocenters. The Bertz CT molecular complexity index is 894. The highest BCUT2D eigenvalue weighted by atomic mass is 35.5. The molecule has 2 aromatic carbocycles. The fourth-order valence-corrected chi connectivity index (χ4v) is 3.10. The summed E-state index contributed by atoms with van der Waals surface area (Å²) in [5.74, 6) is -3.70. The van der Waals surface area contributed by atoms with E-state index in [0.29, 0.717) is 0 Å². The number of carboxylic acids is 1. The second kappa shape index (κ2) is 6.86. The van der Waals surface area contributed by atoms with Crippen molar-refractivity contribution in [3.63, 3.8) is 0 Å². The Morgan fingerprint density at radius 2 is 1.25 bits per heavy atom. The van der Waals surface area contributed by atoms with Gasteiger partial charge in [-0.2, -0.15) is 0 Å². The van der Waals surface area contributed by atoms with E-state index in [1.54, 1.807) is 0 Å². The van der Waals surface area contributed by atoms with E-state index in [4.69, 9.17) is 58.0 Å². The number of halogens is 5. The Morgan fingerprint density at radius 1 is 0.750 bits per heavy atom. The van der Waals surface area contributed by atoms with Gasteiger partial charge < -0.3 is 15.3 Å². The molecule has 0 amide bonds. The molecule has 0 spiro atoms. The molecule has 10 heteroatoms. The van der Waals surface area contributed by atoms with Gasteiger partial charge in [0.2, 0.25) is 0 Å². The average Bonchev–Trinajstić information content (AvgIpc) is 2.51. The molecule has 5 nitrogen and oxygen atoms in total. The number of carbonyl (C=O) groups is 2. The van der Waals surface area contributed by atoms with Gasteiger partial charge in [-0.05, 0) is 6.07 Å². The Hall–Kier alpha value is -1.37. The first-order valence-corrected chi connectivity index (χ1v) is 7.82. The summed E-state index contributed by atoms with van der Waals surface area (Å²) in [5.41, 5.74) is -1.65. The van der Waals surface area contributed by atoms with Crippen molar-refractivity contribution >= 4 is 69.8 Å². The SMILES string of the molecule is O=C(O)c1c(Cl)c(Cl)c(Cl)c(Cl)c1C(=O)c1cc(Cl)c(O)cc1O. The standard InChI is InChI=1S/C14H5Cl5O5/c15-4-1-3(5(20)2-6(4)21)13(22)7-8(14(23)24)10(17)12(19)11(18)9(7)16/h1-2,20-21H,(H,23,24). The van der Waals surface area contributed by atoms with Crippen molar-refractivity contribution in [1.82, 2.24) is 0 Å². The fourth-order valence-electron chi connectivity index (χ4n) is 1.91. The van der Waals surface area contributed by atoms with E-state index in [2.05, 4.69) is 0 Å². The number of rotatable bonds is 3. The van der Waals surface area contributed by atoms with Gasteiger partial charge in [0.1, 0.15) is 11.5 Å². The van der Waals surface area contributed by atoms with Crippen LogP contribution in [-0.4, -0.2) is 27.1 Å². The number of carboxylic acid groups (broad SMARTS) is 1. The summed E-state index contributed by atoms with van der Waals surface area (Å²) in [6.07, 6.45) is 0. The first kappa shape index (κ1) is 19.0. The third kappa shape index (κ3) is 3.10. The lowest BCUT2D eigenvalue weighted by molar-refractivity contribution is 0.0693. The van der Waals surface area contributed by atoms with Gasteiger partial charge >= 0.3 is 5.97 Å². The van der Waals surface area contributed by atoms with Gasteiger partial charge in [-0.1, -0.05) is 58.0 Å². The first-order chi connectivity index (χ1) is 11.1. The van der Waals surface area contributed by atoms with Gasteiger partial charge in [-0.3, -0.25) is 4.79 Å². The molecule has 0 atom stereocenters. The normalized spacial score (nSPS) is 10.7. The van der Waals surface area contributed by atoms with E-state index in [-0.39, 0.29) is 15.1 Å². The van der Waals surface area contributed by atoms with Crippen molar-refractivity contribution in [3.05, 3.63) is 53.9 Å². The van der Waals surface area contributed by atoms with Crippen LogP contribution >= 0.6 is 58.0 Å². The van der Waals surface area contributed by atoms with Crippen molar-refractivity contribution in [3.8, 4) is 11.5 Å².